The Balaban J connectivity index is 1.99. The second-order valence-electron chi connectivity index (χ2n) is 7.28. The van der Waals surface area contributed by atoms with E-state index in [1.54, 1.807) is 6.08 Å². The molecule has 1 aromatic rings. The second kappa shape index (κ2) is 17.0. The number of benzene rings is 1. The zero-order valence-corrected chi connectivity index (χ0v) is 17.5. The number of ketones is 1. The van der Waals surface area contributed by atoms with Crippen LogP contribution >= 0.6 is 0 Å². The Morgan fingerprint density at radius 3 is 2.32 bits per heavy atom. The van der Waals surface area contributed by atoms with Crippen molar-refractivity contribution in [2.24, 2.45) is 0 Å². The fourth-order valence-electron chi connectivity index (χ4n) is 2.95. The van der Waals surface area contributed by atoms with Gasteiger partial charge < -0.3 is 5.32 Å². The van der Waals surface area contributed by atoms with E-state index in [4.69, 9.17) is 0 Å². The summed E-state index contributed by atoms with van der Waals surface area (Å²) in [4.78, 5) is 23.6. The zero-order valence-electron chi connectivity index (χ0n) is 17.5. The minimum Gasteiger partial charge on any atom is -0.352 e. The van der Waals surface area contributed by atoms with Gasteiger partial charge in [0.25, 0.3) is 0 Å². The van der Waals surface area contributed by atoms with Crippen LogP contribution in [0.2, 0.25) is 0 Å². The normalized spacial score (nSPS) is 11.3. The molecule has 0 saturated carbocycles. The number of unbranched alkanes of at least 4 members (excludes halogenated alkanes) is 7. The first-order chi connectivity index (χ1) is 13.7. The lowest BCUT2D eigenvalue weighted by atomic mass is 10.1. The quantitative estimate of drug-likeness (QED) is 0.207. The number of allylic oxidation sites excluding steroid dienone is 4. The average molecular weight is 384 g/mol. The molecule has 0 saturated heterocycles. The maximum absolute atomic E-state index is 11.8. The molecule has 0 spiro atoms. The lowest BCUT2D eigenvalue weighted by Gasteiger charge is -2.04. The Morgan fingerprint density at radius 1 is 0.857 bits per heavy atom. The van der Waals surface area contributed by atoms with Crippen molar-refractivity contribution in [2.75, 3.05) is 0 Å². The van der Waals surface area contributed by atoms with Crippen LogP contribution in [0.15, 0.2) is 54.6 Å². The topological polar surface area (TPSA) is 46.2 Å². The predicted molar refractivity (Wildman–Crippen MR) is 118 cm³/mol. The van der Waals surface area contributed by atoms with Gasteiger partial charge in [-0.2, -0.15) is 0 Å². The summed E-state index contributed by atoms with van der Waals surface area (Å²) in [6, 6.07) is 9.83. The molecule has 1 amide bonds. The largest absolute Gasteiger partial charge is 0.352 e. The SMILES string of the molecule is CCCCCCCCC/C=C/C=C/C(=O)CCCC(=O)NCc1ccccc1. The number of nitrogens with one attached hydrogen (secondary N) is 1. The lowest BCUT2D eigenvalue weighted by molar-refractivity contribution is -0.121. The molecule has 0 heterocycles. The van der Waals surface area contributed by atoms with Crippen molar-refractivity contribution in [3.05, 3.63) is 60.2 Å². The molecule has 154 valence electrons. The van der Waals surface area contributed by atoms with Crippen molar-refractivity contribution >= 4 is 11.7 Å². The van der Waals surface area contributed by atoms with E-state index in [2.05, 4.69) is 18.3 Å². The minimum atomic E-state index is -0.00442. The van der Waals surface area contributed by atoms with Crippen LogP contribution in [-0.2, 0) is 16.1 Å². The molecule has 1 rings (SSSR count). The van der Waals surface area contributed by atoms with Gasteiger partial charge in [-0.25, -0.2) is 0 Å². The number of amides is 1. The monoisotopic (exact) mass is 383 g/mol. The molecule has 1 aromatic carbocycles. The number of hydrogen-bond acceptors (Lipinski definition) is 2. The standard InChI is InChI=1S/C25H37NO2/c1-2-3-4-5-6-7-8-9-10-11-15-19-24(27)20-16-21-25(28)26-22-23-17-13-12-14-18-23/h10-15,17-19H,2-9,16,20-22H2,1H3,(H,26,28)/b11-10+,19-15+. The smallest absolute Gasteiger partial charge is 0.220 e. The lowest BCUT2D eigenvalue weighted by Crippen LogP contribution is -2.22. The third kappa shape index (κ3) is 14.0. The Labute approximate surface area is 171 Å². The molecular formula is C25H37NO2. The van der Waals surface area contributed by atoms with Crippen molar-refractivity contribution in [1.29, 1.82) is 0 Å². The summed E-state index contributed by atoms with van der Waals surface area (Å²) in [6.45, 7) is 2.78. The van der Waals surface area contributed by atoms with Gasteiger partial charge in [-0.1, -0.05) is 94.0 Å². The van der Waals surface area contributed by atoms with E-state index >= 15 is 0 Å². The van der Waals surface area contributed by atoms with E-state index in [0.29, 0.717) is 25.8 Å². The Morgan fingerprint density at radius 2 is 1.57 bits per heavy atom. The van der Waals surface area contributed by atoms with Crippen LogP contribution in [0.1, 0.15) is 83.1 Å². The summed E-state index contributed by atoms with van der Waals surface area (Å²) in [5, 5.41) is 2.88. The molecule has 0 atom stereocenters. The highest BCUT2D eigenvalue weighted by atomic mass is 16.1. The van der Waals surface area contributed by atoms with Gasteiger partial charge >= 0.3 is 0 Å². The van der Waals surface area contributed by atoms with E-state index in [1.165, 1.54) is 44.9 Å². The van der Waals surface area contributed by atoms with Crippen LogP contribution in [0.5, 0.6) is 0 Å². The van der Waals surface area contributed by atoms with Crippen LogP contribution in [0, 0.1) is 0 Å². The zero-order chi connectivity index (χ0) is 20.3. The van der Waals surface area contributed by atoms with E-state index in [0.717, 1.165) is 12.0 Å². The van der Waals surface area contributed by atoms with Crippen LogP contribution in [0.4, 0.5) is 0 Å². The molecule has 0 aliphatic rings. The molecule has 0 aliphatic carbocycles. The van der Waals surface area contributed by atoms with Crippen molar-refractivity contribution in [2.45, 2.75) is 84.1 Å². The first kappa shape index (κ1) is 23.9. The predicted octanol–water partition coefficient (Wildman–Crippen LogP) is 6.30. The van der Waals surface area contributed by atoms with E-state index < -0.39 is 0 Å². The number of rotatable bonds is 16. The molecule has 0 aliphatic heterocycles. The molecule has 0 radical (unpaired) electrons. The fourth-order valence-corrected chi connectivity index (χ4v) is 2.95. The molecule has 0 aromatic heterocycles. The van der Waals surface area contributed by atoms with Gasteiger partial charge in [0.15, 0.2) is 5.78 Å². The molecule has 0 fully saturated rings. The van der Waals surface area contributed by atoms with Crippen molar-refractivity contribution in [1.82, 2.24) is 5.32 Å². The van der Waals surface area contributed by atoms with Crippen molar-refractivity contribution in [3.63, 3.8) is 0 Å². The van der Waals surface area contributed by atoms with Gasteiger partial charge in [-0.05, 0) is 30.9 Å². The molecule has 28 heavy (non-hydrogen) atoms. The van der Waals surface area contributed by atoms with Gasteiger partial charge in [0, 0.05) is 19.4 Å². The van der Waals surface area contributed by atoms with Gasteiger partial charge in [0.2, 0.25) is 5.91 Å². The number of hydrogen-bond donors (Lipinski definition) is 1. The van der Waals surface area contributed by atoms with Gasteiger partial charge in [-0.15, -0.1) is 0 Å². The average Bonchev–Trinajstić information content (AvgIpc) is 2.71. The molecule has 3 heteroatoms. The fraction of sp³-hybridized carbons (Fsp3) is 0.520. The maximum Gasteiger partial charge on any atom is 0.220 e. The maximum atomic E-state index is 11.8. The minimum absolute atomic E-state index is 0.00442. The van der Waals surface area contributed by atoms with E-state index in [-0.39, 0.29) is 11.7 Å². The Bertz CT molecular complexity index is 590. The van der Waals surface area contributed by atoms with Crippen LogP contribution in [0.3, 0.4) is 0 Å². The first-order valence-corrected chi connectivity index (χ1v) is 10.9. The van der Waals surface area contributed by atoms with Crippen LogP contribution in [-0.4, -0.2) is 11.7 Å². The summed E-state index contributed by atoms with van der Waals surface area (Å²) in [6.07, 6.45) is 19.2. The first-order valence-electron chi connectivity index (χ1n) is 10.9. The molecule has 0 unspecified atom stereocenters. The highest BCUT2D eigenvalue weighted by molar-refractivity contribution is 5.90. The number of carbonyl (C=O) groups excluding carboxylic acids is 2. The Hall–Kier alpha value is -2.16. The third-order valence-corrected chi connectivity index (χ3v) is 4.66. The highest BCUT2D eigenvalue weighted by Gasteiger charge is 2.03. The van der Waals surface area contributed by atoms with E-state index in [1.807, 2.05) is 42.5 Å². The van der Waals surface area contributed by atoms with Crippen molar-refractivity contribution < 1.29 is 9.59 Å². The van der Waals surface area contributed by atoms with Crippen LogP contribution < -0.4 is 5.32 Å². The van der Waals surface area contributed by atoms with Gasteiger partial charge in [0.05, 0.1) is 0 Å². The van der Waals surface area contributed by atoms with Crippen molar-refractivity contribution in [3.8, 4) is 0 Å². The molecule has 1 N–H and O–H groups in total. The second-order valence-corrected chi connectivity index (χ2v) is 7.28. The number of carbonyl (C=O) groups is 2. The Kier molecular flexibility index (Phi) is 14.5. The molecule has 3 nitrogen and oxygen atoms in total. The van der Waals surface area contributed by atoms with Crippen LogP contribution in [0.25, 0.3) is 0 Å². The van der Waals surface area contributed by atoms with E-state index in [9.17, 15) is 9.59 Å². The molecule has 0 bridgehead atoms. The third-order valence-electron chi connectivity index (χ3n) is 4.66. The summed E-state index contributed by atoms with van der Waals surface area (Å²) in [5.41, 5.74) is 1.08. The summed E-state index contributed by atoms with van der Waals surface area (Å²) < 4.78 is 0. The summed E-state index contributed by atoms with van der Waals surface area (Å²) in [5.74, 6) is 0.0756. The summed E-state index contributed by atoms with van der Waals surface area (Å²) >= 11 is 0. The van der Waals surface area contributed by atoms with Gasteiger partial charge in [-0.3, -0.25) is 9.59 Å². The summed E-state index contributed by atoms with van der Waals surface area (Å²) in [7, 11) is 0. The highest BCUT2D eigenvalue weighted by Crippen LogP contribution is 2.08. The van der Waals surface area contributed by atoms with Gasteiger partial charge in [0.1, 0.15) is 0 Å². The molecular weight excluding hydrogens is 346 g/mol.